The third-order valence-corrected chi connectivity index (χ3v) is 5.55. The second-order valence-corrected chi connectivity index (χ2v) is 8.05. The number of aromatic nitrogens is 2. The number of halogens is 1. The van der Waals surface area contributed by atoms with Crippen LogP contribution in [0.4, 0.5) is 0 Å². The molecule has 31 heavy (non-hydrogen) atoms. The molecule has 7 heteroatoms. The molecule has 0 bridgehead atoms. The van der Waals surface area contributed by atoms with Gasteiger partial charge in [-0.1, -0.05) is 56.1 Å². The van der Waals surface area contributed by atoms with Crippen LogP contribution in [-0.4, -0.2) is 27.4 Å². The van der Waals surface area contributed by atoms with E-state index >= 15 is 0 Å². The van der Waals surface area contributed by atoms with Gasteiger partial charge < -0.3 is 15.2 Å². The van der Waals surface area contributed by atoms with Crippen LogP contribution in [0.3, 0.4) is 0 Å². The molecule has 3 rings (SSSR count). The van der Waals surface area contributed by atoms with Crippen molar-refractivity contribution in [3.8, 4) is 0 Å². The van der Waals surface area contributed by atoms with E-state index < -0.39 is 6.04 Å². The van der Waals surface area contributed by atoms with Crippen molar-refractivity contribution in [1.29, 1.82) is 0 Å². The minimum Gasteiger partial charge on any atom is -0.350 e. The molecular weight excluding hydrogens is 412 g/mol. The molecule has 0 saturated heterocycles. The van der Waals surface area contributed by atoms with E-state index in [1.165, 1.54) is 0 Å². The highest BCUT2D eigenvalue weighted by molar-refractivity contribution is 6.30. The molecule has 0 aliphatic heterocycles. The summed E-state index contributed by atoms with van der Waals surface area (Å²) in [5, 5.41) is 6.38. The molecule has 2 aromatic carbocycles. The molecule has 0 fully saturated rings. The Labute approximate surface area is 187 Å². The Morgan fingerprint density at radius 3 is 2.35 bits per heavy atom. The molecular formula is C24H27ClN4O2. The van der Waals surface area contributed by atoms with E-state index in [1.807, 2.05) is 48.9 Å². The Morgan fingerprint density at radius 1 is 1.06 bits per heavy atom. The predicted molar refractivity (Wildman–Crippen MR) is 122 cm³/mol. The second-order valence-electron chi connectivity index (χ2n) is 7.61. The summed E-state index contributed by atoms with van der Waals surface area (Å²) < 4.78 is 2.00. The highest BCUT2D eigenvalue weighted by Crippen LogP contribution is 2.13. The summed E-state index contributed by atoms with van der Waals surface area (Å²) in [6.45, 7) is 5.10. The van der Waals surface area contributed by atoms with Crippen LogP contribution >= 0.6 is 11.6 Å². The number of amides is 2. The largest absolute Gasteiger partial charge is 0.350 e. The van der Waals surface area contributed by atoms with Crippen LogP contribution in [-0.2, 0) is 17.9 Å². The van der Waals surface area contributed by atoms with Crippen LogP contribution in [0.5, 0.6) is 0 Å². The molecule has 1 heterocycles. The summed E-state index contributed by atoms with van der Waals surface area (Å²) in [5.41, 5.74) is 2.62. The maximum absolute atomic E-state index is 12.9. The molecule has 0 spiro atoms. The number of carbonyl (C=O) groups excluding carboxylic acids is 2. The summed E-state index contributed by atoms with van der Waals surface area (Å²) in [4.78, 5) is 29.5. The van der Waals surface area contributed by atoms with Crippen LogP contribution in [0.15, 0.2) is 67.3 Å². The lowest BCUT2D eigenvalue weighted by Crippen LogP contribution is -2.50. The SMILES string of the molecule is CCC(C)C(NC(=O)c1ccc(Cl)cc1)C(=O)NCc1ccc(Cn2ccnc2)cc1. The quantitative estimate of drug-likeness (QED) is 0.529. The Balaban J connectivity index is 1.58. The van der Waals surface area contributed by atoms with E-state index in [1.54, 1.807) is 36.8 Å². The Kier molecular flexibility index (Phi) is 7.84. The number of imidazole rings is 1. The monoisotopic (exact) mass is 438 g/mol. The van der Waals surface area contributed by atoms with Crippen LogP contribution in [0.1, 0.15) is 41.8 Å². The molecule has 2 amide bonds. The average Bonchev–Trinajstić information content (AvgIpc) is 3.29. The highest BCUT2D eigenvalue weighted by atomic mass is 35.5. The van der Waals surface area contributed by atoms with Crippen LogP contribution in [0.2, 0.25) is 5.02 Å². The van der Waals surface area contributed by atoms with Gasteiger partial charge in [-0.3, -0.25) is 9.59 Å². The summed E-state index contributed by atoms with van der Waals surface area (Å²) >= 11 is 5.89. The topological polar surface area (TPSA) is 76.0 Å². The normalized spacial score (nSPS) is 12.7. The lowest BCUT2D eigenvalue weighted by molar-refractivity contribution is -0.124. The van der Waals surface area contributed by atoms with Gasteiger partial charge in [0.2, 0.25) is 5.91 Å². The molecule has 2 unspecified atom stereocenters. The van der Waals surface area contributed by atoms with Crippen molar-refractivity contribution >= 4 is 23.4 Å². The number of rotatable bonds is 9. The molecule has 3 aromatic rings. The van der Waals surface area contributed by atoms with Gasteiger partial charge in [0.05, 0.1) is 6.33 Å². The number of carbonyl (C=O) groups is 2. The fourth-order valence-corrected chi connectivity index (χ4v) is 3.31. The fraction of sp³-hybridized carbons (Fsp3) is 0.292. The molecule has 1 aromatic heterocycles. The molecule has 162 valence electrons. The zero-order chi connectivity index (χ0) is 22.2. The maximum atomic E-state index is 12.9. The Morgan fingerprint density at radius 2 is 1.74 bits per heavy atom. The van der Waals surface area contributed by atoms with E-state index in [9.17, 15) is 9.59 Å². The first-order valence-corrected chi connectivity index (χ1v) is 10.7. The van der Waals surface area contributed by atoms with E-state index in [-0.39, 0.29) is 17.7 Å². The van der Waals surface area contributed by atoms with Gasteiger partial charge in [-0.25, -0.2) is 4.98 Å². The molecule has 0 saturated carbocycles. The van der Waals surface area contributed by atoms with Crippen molar-refractivity contribution in [3.63, 3.8) is 0 Å². The molecule has 6 nitrogen and oxygen atoms in total. The van der Waals surface area contributed by atoms with Crippen molar-refractivity contribution in [2.45, 2.75) is 39.4 Å². The van der Waals surface area contributed by atoms with Crippen molar-refractivity contribution in [2.24, 2.45) is 5.92 Å². The smallest absolute Gasteiger partial charge is 0.251 e. The van der Waals surface area contributed by atoms with Gasteiger partial charge in [-0.05, 0) is 41.3 Å². The van der Waals surface area contributed by atoms with Crippen LogP contribution in [0, 0.1) is 5.92 Å². The number of nitrogens with one attached hydrogen (secondary N) is 2. The van der Waals surface area contributed by atoms with Crippen LogP contribution in [0.25, 0.3) is 0 Å². The first kappa shape index (κ1) is 22.6. The van der Waals surface area contributed by atoms with Gasteiger partial charge in [0.15, 0.2) is 0 Å². The Bertz CT molecular complexity index is 985. The summed E-state index contributed by atoms with van der Waals surface area (Å²) in [6, 6.07) is 14.1. The first-order chi connectivity index (χ1) is 15.0. The van der Waals surface area contributed by atoms with Crippen molar-refractivity contribution < 1.29 is 9.59 Å². The highest BCUT2D eigenvalue weighted by Gasteiger charge is 2.26. The minimum absolute atomic E-state index is 0.00573. The number of nitrogens with zero attached hydrogens (tertiary/aromatic N) is 2. The maximum Gasteiger partial charge on any atom is 0.251 e. The van der Waals surface area contributed by atoms with Gasteiger partial charge in [-0.15, -0.1) is 0 Å². The number of hydrogen-bond donors (Lipinski definition) is 2. The summed E-state index contributed by atoms with van der Waals surface area (Å²) in [5.74, 6) is -0.492. The van der Waals surface area contributed by atoms with Crippen molar-refractivity contribution in [2.75, 3.05) is 0 Å². The van der Waals surface area contributed by atoms with Gasteiger partial charge >= 0.3 is 0 Å². The fourth-order valence-electron chi connectivity index (χ4n) is 3.18. The minimum atomic E-state index is -0.617. The van der Waals surface area contributed by atoms with Gasteiger partial charge in [0.1, 0.15) is 6.04 Å². The Hall–Kier alpha value is -3.12. The molecule has 2 atom stereocenters. The van der Waals surface area contributed by atoms with E-state index in [2.05, 4.69) is 15.6 Å². The molecule has 0 aliphatic carbocycles. The zero-order valence-electron chi connectivity index (χ0n) is 17.7. The predicted octanol–water partition coefficient (Wildman–Crippen LogP) is 4.05. The lowest BCUT2D eigenvalue weighted by atomic mass is 9.97. The summed E-state index contributed by atoms with van der Waals surface area (Å²) in [6.07, 6.45) is 6.22. The number of benzene rings is 2. The zero-order valence-corrected chi connectivity index (χ0v) is 18.5. The third-order valence-electron chi connectivity index (χ3n) is 5.30. The average molecular weight is 439 g/mol. The molecule has 2 N–H and O–H groups in total. The van der Waals surface area contributed by atoms with Gasteiger partial charge in [-0.2, -0.15) is 0 Å². The third kappa shape index (κ3) is 6.43. The van der Waals surface area contributed by atoms with Crippen LogP contribution < -0.4 is 10.6 Å². The van der Waals surface area contributed by atoms with Crippen molar-refractivity contribution in [1.82, 2.24) is 20.2 Å². The van der Waals surface area contributed by atoms with Crippen molar-refractivity contribution in [3.05, 3.63) is 89.0 Å². The summed E-state index contributed by atoms with van der Waals surface area (Å²) in [7, 11) is 0. The second kappa shape index (κ2) is 10.8. The number of hydrogen-bond acceptors (Lipinski definition) is 3. The first-order valence-electron chi connectivity index (χ1n) is 10.3. The van der Waals surface area contributed by atoms with Gasteiger partial charge in [0, 0.05) is 36.1 Å². The van der Waals surface area contributed by atoms with Gasteiger partial charge in [0.25, 0.3) is 5.91 Å². The van der Waals surface area contributed by atoms with E-state index in [4.69, 9.17) is 11.6 Å². The lowest BCUT2D eigenvalue weighted by Gasteiger charge is -2.23. The van der Waals surface area contributed by atoms with E-state index in [0.717, 1.165) is 24.1 Å². The van der Waals surface area contributed by atoms with E-state index in [0.29, 0.717) is 17.1 Å². The molecule has 0 radical (unpaired) electrons. The standard InChI is InChI=1S/C24H27ClN4O2/c1-3-17(2)22(28-23(30)20-8-10-21(25)11-9-20)24(31)27-14-18-4-6-19(7-5-18)15-29-13-12-26-16-29/h4-13,16-17,22H,3,14-15H2,1-2H3,(H,27,31)(H,28,30). The molecule has 0 aliphatic rings.